The summed E-state index contributed by atoms with van der Waals surface area (Å²) in [6.07, 6.45) is 0.583. The van der Waals surface area contributed by atoms with E-state index in [1.165, 1.54) is 0 Å². The van der Waals surface area contributed by atoms with Crippen LogP contribution in [0.3, 0.4) is 0 Å². The highest BCUT2D eigenvalue weighted by Crippen LogP contribution is 2.13. The van der Waals surface area contributed by atoms with E-state index in [-0.39, 0.29) is 0 Å². The van der Waals surface area contributed by atoms with Gasteiger partial charge in [0.15, 0.2) is 0 Å². The van der Waals surface area contributed by atoms with Crippen LogP contribution in [0.15, 0.2) is 17.5 Å². The summed E-state index contributed by atoms with van der Waals surface area (Å²) in [4.78, 5) is 13.7. The van der Waals surface area contributed by atoms with Gasteiger partial charge in [0.25, 0.3) is 0 Å². The monoisotopic (exact) mass is 199 g/mol. The standard InChI is InChI=1S/C9H13NO2S/c1-10(2)8(9(11)12)6-7-4-3-5-13-7/h3-5,8H,6H2,1-2H3,(H,11,12). The second-order valence-electron chi connectivity index (χ2n) is 3.10. The SMILES string of the molecule is CN(C)C(Cc1cccs1)C(=O)O. The Kier molecular flexibility index (Phi) is 3.45. The number of hydrogen-bond donors (Lipinski definition) is 1. The van der Waals surface area contributed by atoms with E-state index in [1.807, 2.05) is 17.5 Å². The van der Waals surface area contributed by atoms with Crippen LogP contribution in [0.4, 0.5) is 0 Å². The van der Waals surface area contributed by atoms with E-state index in [1.54, 1.807) is 30.3 Å². The minimum absolute atomic E-state index is 0.418. The molecule has 3 nitrogen and oxygen atoms in total. The maximum Gasteiger partial charge on any atom is 0.321 e. The van der Waals surface area contributed by atoms with Gasteiger partial charge in [-0.1, -0.05) is 6.07 Å². The third-order valence-corrected chi connectivity index (χ3v) is 2.78. The molecular weight excluding hydrogens is 186 g/mol. The van der Waals surface area contributed by atoms with Gasteiger partial charge in [-0.05, 0) is 25.5 Å². The van der Waals surface area contributed by atoms with E-state index >= 15 is 0 Å². The van der Waals surface area contributed by atoms with Gasteiger partial charge in [-0.25, -0.2) is 0 Å². The van der Waals surface area contributed by atoms with Gasteiger partial charge < -0.3 is 5.11 Å². The number of likely N-dealkylation sites (N-methyl/N-ethyl adjacent to an activating group) is 1. The van der Waals surface area contributed by atoms with Gasteiger partial charge in [0.2, 0.25) is 0 Å². The second kappa shape index (κ2) is 4.39. The molecule has 0 aliphatic rings. The van der Waals surface area contributed by atoms with Crippen molar-refractivity contribution in [3.8, 4) is 0 Å². The first-order chi connectivity index (χ1) is 6.11. The second-order valence-corrected chi connectivity index (χ2v) is 4.13. The first-order valence-corrected chi connectivity index (χ1v) is 4.91. The molecule has 1 aromatic rings. The summed E-state index contributed by atoms with van der Waals surface area (Å²) in [7, 11) is 3.57. The molecule has 0 saturated heterocycles. The molecule has 0 aliphatic heterocycles. The molecule has 13 heavy (non-hydrogen) atoms. The van der Waals surface area contributed by atoms with E-state index < -0.39 is 12.0 Å². The quantitative estimate of drug-likeness (QED) is 0.794. The highest BCUT2D eigenvalue weighted by atomic mass is 32.1. The Labute approximate surface area is 81.6 Å². The summed E-state index contributed by atoms with van der Waals surface area (Å²) < 4.78 is 0. The van der Waals surface area contributed by atoms with Crippen molar-refractivity contribution < 1.29 is 9.90 Å². The average Bonchev–Trinajstić information content (AvgIpc) is 2.50. The molecule has 0 bridgehead atoms. The zero-order chi connectivity index (χ0) is 9.84. The normalized spacial score (nSPS) is 13.2. The fourth-order valence-corrected chi connectivity index (χ4v) is 1.85. The van der Waals surface area contributed by atoms with Crippen molar-refractivity contribution in [3.63, 3.8) is 0 Å². The lowest BCUT2D eigenvalue weighted by Crippen LogP contribution is -2.37. The third kappa shape index (κ3) is 2.82. The minimum Gasteiger partial charge on any atom is -0.480 e. The topological polar surface area (TPSA) is 40.5 Å². The molecule has 0 amide bonds. The largest absolute Gasteiger partial charge is 0.480 e. The number of nitrogens with zero attached hydrogens (tertiary/aromatic N) is 1. The summed E-state index contributed by atoms with van der Waals surface area (Å²) in [5.74, 6) is -0.765. The van der Waals surface area contributed by atoms with Crippen LogP contribution in [0.1, 0.15) is 4.88 Å². The molecule has 0 radical (unpaired) electrons. The van der Waals surface area contributed by atoms with E-state index in [4.69, 9.17) is 5.11 Å². The first-order valence-electron chi connectivity index (χ1n) is 4.03. The number of rotatable bonds is 4. The van der Waals surface area contributed by atoms with Gasteiger partial charge >= 0.3 is 5.97 Å². The zero-order valence-electron chi connectivity index (χ0n) is 7.73. The Balaban J connectivity index is 2.63. The molecule has 1 aromatic heterocycles. The van der Waals surface area contributed by atoms with Crippen LogP contribution in [0.5, 0.6) is 0 Å². The molecule has 72 valence electrons. The Morgan fingerprint density at radius 2 is 2.38 bits per heavy atom. The number of carboxylic acids is 1. The number of hydrogen-bond acceptors (Lipinski definition) is 3. The predicted octanol–water partition coefficient (Wildman–Crippen LogP) is 1.31. The zero-order valence-corrected chi connectivity index (χ0v) is 8.54. The third-order valence-electron chi connectivity index (χ3n) is 1.88. The first kappa shape index (κ1) is 10.2. The van der Waals surface area contributed by atoms with Crippen molar-refractivity contribution >= 4 is 17.3 Å². The number of thiophene rings is 1. The van der Waals surface area contributed by atoms with Crippen LogP contribution in [0.2, 0.25) is 0 Å². The smallest absolute Gasteiger partial charge is 0.321 e. The number of aliphatic carboxylic acids is 1. The minimum atomic E-state index is -0.765. The Morgan fingerprint density at radius 3 is 2.77 bits per heavy atom. The summed E-state index contributed by atoms with van der Waals surface area (Å²) >= 11 is 1.60. The Hall–Kier alpha value is -0.870. The molecule has 4 heteroatoms. The maximum absolute atomic E-state index is 10.8. The molecule has 0 aliphatic carbocycles. The van der Waals surface area contributed by atoms with Crippen molar-refractivity contribution in [1.29, 1.82) is 0 Å². The fraction of sp³-hybridized carbons (Fsp3) is 0.444. The molecular formula is C9H13NO2S. The van der Waals surface area contributed by atoms with E-state index in [0.29, 0.717) is 6.42 Å². The number of carbonyl (C=O) groups is 1. The molecule has 1 atom stereocenters. The molecule has 1 heterocycles. The predicted molar refractivity (Wildman–Crippen MR) is 53.1 cm³/mol. The van der Waals surface area contributed by atoms with E-state index in [0.717, 1.165) is 4.88 Å². The average molecular weight is 199 g/mol. The summed E-state index contributed by atoms with van der Waals surface area (Å²) in [6, 6.07) is 3.48. The number of carboxylic acid groups (broad SMARTS) is 1. The molecule has 0 fully saturated rings. The van der Waals surface area contributed by atoms with Crippen LogP contribution in [-0.4, -0.2) is 36.1 Å². The summed E-state index contributed by atoms with van der Waals surface area (Å²) in [5, 5.41) is 10.9. The van der Waals surface area contributed by atoms with Gasteiger partial charge in [-0.3, -0.25) is 9.69 Å². The van der Waals surface area contributed by atoms with Gasteiger partial charge in [0, 0.05) is 11.3 Å². The Bertz CT molecular complexity index is 269. The van der Waals surface area contributed by atoms with E-state index in [9.17, 15) is 4.79 Å². The van der Waals surface area contributed by atoms with Crippen LogP contribution >= 0.6 is 11.3 Å². The van der Waals surface area contributed by atoms with Crippen molar-refractivity contribution in [1.82, 2.24) is 4.90 Å². The lowest BCUT2D eigenvalue weighted by Gasteiger charge is -2.18. The molecule has 1 unspecified atom stereocenters. The molecule has 1 rings (SSSR count). The van der Waals surface area contributed by atoms with Gasteiger partial charge in [0.1, 0.15) is 6.04 Å². The maximum atomic E-state index is 10.8. The fourth-order valence-electron chi connectivity index (χ4n) is 1.11. The van der Waals surface area contributed by atoms with Crippen molar-refractivity contribution in [2.75, 3.05) is 14.1 Å². The van der Waals surface area contributed by atoms with Crippen molar-refractivity contribution in [3.05, 3.63) is 22.4 Å². The van der Waals surface area contributed by atoms with Crippen molar-refractivity contribution in [2.45, 2.75) is 12.5 Å². The highest BCUT2D eigenvalue weighted by molar-refractivity contribution is 7.09. The lowest BCUT2D eigenvalue weighted by atomic mass is 10.1. The lowest BCUT2D eigenvalue weighted by molar-refractivity contribution is -0.142. The van der Waals surface area contributed by atoms with Gasteiger partial charge in [-0.15, -0.1) is 11.3 Å². The van der Waals surface area contributed by atoms with Gasteiger partial charge in [0.05, 0.1) is 0 Å². The van der Waals surface area contributed by atoms with Crippen molar-refractivity contribution in [2.24, 2.45) is 0 Å². The van der Waals surface area contributed by atoms with E-state index in [2.05, 4.69) is 0 Å². The molecule has 0 saturated carbocycles. The van der Waals surface area contributed by atoms with Crippen LogP contribution in [0, 0.1) is 0 Å². The molecule has 0 aromatic carbocycles. The Morgan fingerprint density at radius 1 is 1.69 bits per heavy atom. The molecule has 1 N–H and O–H groups in total. The van der Waals surface area contributed by atoms with Gasteiger partial charge in [-0.2, -0.15) is 0 Å². The highest BCUT2D eigenvalue weighted by Gasteiger charge is 2.20. The summed E-state index contributed by atoms with van der Waals surface area (Å²) in [6.45, 7) is 0. The molecule has 0 spiro atoms. The van der Waals surface area contributed by atoms with Crippen LogP contribution < -0.4 is 0 Å². The summed E-state index contributed by atoms with van der Waals surface area (Å²) in [5.41, 5.74) is 0. The van der Waals surface area contributed by atoms with Crippen LogP contribution in [0.25, 0.3) is 0 Å². The van der Waals surface area contributed by atoms with Crippen LogP contribution in [-0.2, 0) is 11.2 Å².